The molecule has 0 fully saturated rings. The van der Waals surface area contributed by atoms with Crippen LogP contribution in [0.3, 0.4) is 0 Å². The second-order valence-electron chi connectivity index (χ2n) is 5.17. The Balaban J connectivity index is 2.84. The number of carbonyl (C=O) groups is 2. The molecule has 1 rings (SSSR count). The number of aryl methyl sites for hydroxylation is 1. The van der Waals surface area contributed by atoms with Gasteiger partial charge in [0.1, 0.15) is 15.9 Å². The zero-order valence-corrected chi connectivity index (χ0v) is 13.9. The molecule has 0 aliphatic rings. The predicted molar refractivity (Wildman–Crippen MR) is 86.4 cm³/mol. The SMILES string of the molecule is CCc1ccccc1NC(=O)[C@@H](CCS(C)(=O)=O)NC(C)=O. The highest BCUT2D eigenvalue weighted by atomic mass is 32.2. The topological polar surface area (TPSA) is 92.3 Å². The number of hydrogen-bond acceptors (Lipinski definition) is 4. The molecule has 7 heteroatoms. The first-order chi connectivity index (χ1) is 10.2. The summed E-state index contributed by atoms with van der Waals surface area (Å²) in [5, 5.41) is 5.25. The van der Waals surface area contributed by atoms with Gasteiger partial charge in [-0.25, -0.2) is 8.42 Å². The average molecular weight is 326 g/mol. The summed E-state index contributed by atoms with van der Waals surface area (Å²) in [5.41, 5.74) is 1.64. The molecule has 0 aliphatic heterocycles. The minimum Gasteiger partial charge on any atom is -0.345 e. The van der Waals surface area contributed by atoms with Gasteiger partial charge in [0.05, 0.1) is 5.75 Å². The second kappa shape index (κ2) is 7.93. The molecule has 0 bridgehead atoms. The predicted octanol–water partition coefficient (Wildman–Crippen LogP) is 1.13. The Hall–Kier alpha value is -1.89. The highest BCUT2D eigenvalue weighted by molar-refractivity contribution is 7.90. The van der Waals surface area contributed by atoms with Crippen molar-refractivity contribution in [3.05, 3.63) is 29.8 Å². The van der Waals surface area contributed by atoms with Crippen LogP contribution in [-0.2, 0) is 25.8 Å². The first-order valence-electron chi connectivity index (χ1n) is 7.06. The normalized spacial score (nSPS) is 12.5. The van der Waals surface area contributed by atoms with Crippen LogP contribution in [0.15, 0.2) is 24.3 Å². The molecular weight excluding hydrogens is 304 g/mol. The summed E-state index contributed by atoms with van der Waals surface area (Å²) in [6, 6.07) is 6.48. The lowest BCUT2D eigenvalue weighted by Gasteiger charge is -2.18. The number of nitrogens with one attached hydrogen (secondary N) is 2. The summed E-state index contributed by atoms with van der Waals surface area (Å²) >= 11 is 0. The molecule has 0 heterocycles. The minimum absolute atomic E-state index is 0.0402. The maximum absolute atomic E-state index is 12.3. The summed E-state index contributed by atoms with van der Waals surface area (Å²) in [6.45, 7) is 3.26. The number of benzene rings is 1. The molecule has 0 saturated heterocycles. The zero-order valence-electron chi connectivity index (χ0n) is 13.0. The smallest absolute Gasteiger partial charge is 0.246 e. The summed E-state index contributed by atoms with van der Waals surface area (Å²) in [6.07, 6.45) is 1.89. The molecule has 122 valence electrons. The van der Waals surface area contributed by atoms with Crippen LogP contribution in [0.1, 0.15) is 25.8 Å². The molecule has 6 nitrogen and oxygen atoms in total. The molecule has 0 unspecified atom stereocenters. The number of para-hydroxylation sites is 1. The molecule has 1 atom stereocenters. The summed E-state index contributed by atoms with van der Waals surface area (Å²) in [5.74, 6) is -0.960. The van der Waals surface area contributed by atoms with Gasteiger partial charge in [0.15, 0.2) is 0 Å². The van der Waals surface area contributed by atoms with Crippen LogP contribution in [-0.4, -0.2) is 38.3 Å². The molecule has 1 aromatic rings. The van der Waals surface area contributed by atoms with E-state index in [0.29, 0.717) is 5.69 Å². The third kappa shape index (κ3) is 6.26. The van der Waals surface area contributed by atoms with E-state index in [2.05, 4.69) is 10.6 Å². The lowest BCUT2D eigenvalue weighted by Crippen LogP contribution is -2.44. The van der Waals surface area contributed by atoms with Crippen molar-refractivity contribution >= 4 is 27.3 Å². The Labute approximate surface area is 131 Å². The van der Waals surface area contributed by atoms with Crippen molar-refractivity contribution in [2.24, 2.45) is 0 Å². The zero-order chi connectivity index (χ0) is 16.8. The van der Waals surface area contributed by atoms with Gasteiger partial charge < -0.3 is 10.6 Å². The van der Waals surface area contributed by atoms with Crippen molar-refractivity contribution in [2.75, 3.05) is 17.3 Å². The number of anilines is 1. The van der Waals surface area contributed by atoms with Crippen LogP contribution < -0.4 is 10.6 Å². The van der Waals surface area contributed by atoms with E-state index in [1.807, 2.05) is 19.1 Å². The highest BCUT2D eigenvalue weighted by Gasteiger charge is 2.21. The van der Waals surface area contributed by atoms with E-state index in [0.717, 1.165) is 18.2 Å². The standard InChI is InChI=1S/C15H22N2O4S/c1-4-12-7-5-6-8-13(12)17-15(19)14(16-11(2)18)9-10-22(3,20)21/h5-8,14H,4,9-10H2,1-3H3,(H,16,18)(H,17,19)/t14-/m1/s1. The fourth-order valence-electron chi connectivity index (χ4n) is 2.02. The monoisotopic (exact) mass is 326 g/mol. The van der Waals surface area contributed by atoms with Gasteiger partial charge in [-0.15, -0.1) is 0 Å². The van der Waals surface area contributed by atoms with E-state index in [4.69, 9.17) is 0 Å². The largest absolute Gasteiger partial charge is 0.345 e. The Morgan fingerprint density at radius 1 is 1.23 bits per heavy atom. The van der Waals surface area contributed by atoms with Gasteiger partial charge in [0, 0.05) is 18.9 Å². The molecule has 0 saturated carbocycles. The van der Waals surface area contributed by atoms with Gasteiger partial charge in [-0.05, 0) is 24.5 Å². The number of hydrogen-bond donors (Lipinski definition) is 2. The first-order valence-corrected chi connectivity index (χ1v) is 9.12. The molecule has 0 aromatic heterocycles. The van der Waals surface area contributed by atoms with Gasteiger partial charge in [-0.2, -0.15) is 0 Å². The van der Waals surface area contributed by atoms with E-state index in [1.54, 1.807) is 12.1 Å². The molecule has 0 radical (unpaired) electrons. The first kappa shape index (κ1) is 18.2. The van der Waals surface area contributed by atoms with Crippen LogP contribution >= 0.6 is 0 Å². The summed E-state index contributed by atoms with van der Waals surface area (Å²) in [4.78, 5) is 23.5. The second-order valence-corrected chi connectivity index (χ2v) is 7.43. The molecule has 1 aromatic carbocycles. The summed E-state index contributed by atoms with van der Waals surface area (Å²) in [7, 11) is -3.21. The van der Waals surface area contributed by atoms with Crippen molar-refractivity contribution in [2.45, 2.75) is 32.7 Å². The Morgan fingerprint density at radius 2 is 1.86 bits per heavy atom. The lowest BCUT2D eigenvalue weighted by molar-refractivity contribution is -0.125. The van der Waals surface area contributed by atoms with Crippen LogP contribution in [0, 0.1) is 0 Å². The third-order valence-electron chi connectivity index (χ3n) is 3.13. The van der Waals surface area contributed by atoms with Crippen molar-refractivity contribution in [1.82, 2.24) is 5.32 Å². The van der Waals surface area contributed by atoms with Crippen LogP contribution in [0.25, 0.3) is 0 Å². The number of rotatable bonds is 7. The fourth-order valence-corrected chi connectivity index (χ4v) is 2.68. The van der Waals surface area contributed by atoms with E-state index >= 15 is 0 Å². The van der Waals surface area contributed by atoms with E-state index in [-0.39, 0.29) is 18.1 Å². The molecule has 0 spiro atoms. The number of sulfone groups is 1. The Bertz CT molecular complexity index is 641. The van der Waals surface area contributed by atoms with Crippen LogP contribution in [0.5, 0.6) is 0 Å². The number of amides is 2. The van der Waals surface area contributed by atoms with Gasteiger partial charge in [-0.1, -0.05) is 25.1 Å². The van der Waals surface area contributed by atoms with E-state index < -0.39 is 21.8 Å². The van der Waals surface area contributed by atoms with Crippen LogP contribution in [0.2, 0.25) is 0 Å². The summed E-state index contributed by atoms with van der Waals surface area (Å²) < 4.78 is 22.5. The Morgan fingerprint density at radius 3 is 2.41 bits per heavy atom. The molecule has 0 aliphatic carbocycles. The van der Waals surface area contributed by atoms with E-state index in [1.165, 1.54) is 6.92 Å². The average Bonchev–Trinajstić information content (AvgIpc) is 2.42. The van der Waals surface area contributed by atoms with E-state index in [9.17, 15) is 18.0 Å². The molecule has 22 heavy (non-hydrogen) atoms. The van der Waals surface area contributed by atoms with Gasteiger partial charge in [0.25, 0.3) is 0 Å². The van der Waals surface area contributed by atoms with Crippen molar-refractivity contribution in [3.63, 3.8) is 0 Å². The van der Waals surface area contributed by atoms with Crippen molar-refractivity contribution < 1.29 is 18.0 Å². The van der Waals surface area contributed by atoms with Crippen molar-refractivity contribution in [1.29, 1.82) is 0 Å². The molecular formula is C15H22N2O4S. The number of carbonyl (C=O) groups excluding carboxylic acids is 2. The lowest BCUT2D eigenvalue weighted by atomic mass is 10.1. The van der Waals surface area contributed by atoms with Gasteiger partial charge in [0.2, 0.25) is 11.8 Å². The quantitative estimate of drug-likeness (QED) is 0.785. The van der Waals surface area contributed by atoms with Crippen LogP contribution in [0.4, 0.5) is 5.69 Å². The third-order valence-corrected chi connectivity index (χ3v) is 4.10. The maximum Gasteiger partial charge on any atom is 0.246 e. The fraction of sp³-hybridized carbons (Fsp3) is 0.467. The minimum atomic E-state index is -3.21. The molecule has 2 N–H and O–H groups in total. The Kier molecular flexibility index (Phi) is 6.55. The van der Waals surface area contributed by atoms with Gasteiger partial charge in [-0.3, -0.25) is 9.59 Å². The van der Waals surface area contributed by atoms with Crippen molar-refractivity contribution in [3.8, 4) is 0 Å². The van der Waals surface area contributed by atoms with Gasteiger partial charge >= 0.3 is 0 Å². The molecule has 2 amide bonds. The maximum atomic E-state index is 12.3. The highest BCUT2D eigenvalue weighted by Crippen LogP contribution is 2.16.